The fourth-order valence-corrected chi connectivity index (χ4v) is 3.28. The first-order valence-electron chi connectivity index (χ1n) is 6.13. The minimum Gasteiger partial charge on any atom is -0.384 e. The van der Waals surface area contributed by atoms with E-state index in [-0.39, 0.29) is 10.3 Å². The zero-order valence-corrected chi connectivity index (χ0v) is 14.2. The molecule has 0 aliphatic carbocycles. The van der Waals surface area contributed by atoms with Gasteiger partial charge in [-0.3, -0.25) is 5.41 Å². The van der Waals surface area contributed by atoms with E-state index in [1.54, 1.807) is 12.1 Å². The Bertz CT molecular complexity index is 710. The van der Waals surface area contributed by atoms with Crippen molar-refractivity contribution >= 4 is 33.5 Å². The van der Waals surface area contributed by atoms with E-state index in [1.165, 1.54) is 0 Å². The second-order valence-electron chi connectivity index (χ2n) is 4.56. The second kappa shape index (κ2) is 6.11. The Balaban J connectivity index is 2.41. The molecule has 7 heteroatoms. The van der Waals surface area contributed by atoms with Gasteiger partial charge in [0.25, 0.3) is 0 Å². The zero-order chi connectivity index (χ0) is 15.7. The Labute approximate surface area is 135 Å². The van der Waals surface area contributed by atoms with Crippen molar-refractivity contribution in [3.8, 4) is 0 Å². The predicted octanol–water partition coefficient (Wildman–Crippen LogP) is 3.74. The fraction of sp³-hybridized carbons (Fsp3) is 0.214. The van der Waals surface area contributed by atoms with Crippen LogP contribution in [0.1, 0.15) is 22.5 Å². The van der Waals surface area contributed by atoms with Gasteiger partial charge in [-0.05, 0) is 66.2 Å². The standard InChI is InChI=1S/C14H14BrFN4S/c1-6-7(2)19-14(20-8(6)3)21-10-5-4-9(13(17)18)11(15)12(10)16/h4-5H,1-3H3,(H3,17,18). The van der Waals surface area contributed by atoms with Gasteiger partial charge in [0.15, 0.2) is 11.0 Å². The number of benzene rings is 1. The van der Waals surface area contributed by atoms with Gasteiger partial charge in [0, 0.05) is 17.0 Å². The van der Waals surface area contributed by atoms with Gasteiger partial charge in [0.05, 0.1) is 9.37 Å². The van der Waals surface area contributed by atoms with Gasteiger partial charge in [-0.2, -0.15) is 0 Å². The van der Waals surface area contributed by atoms with Gasteiger partial charge in [-0.15, -0.1) is 0 Å². The molecule has 1 aromatic carbocycles. The molecule has 2 aromatic rings. The van der Waals surface area contributed by atoms with Gasteiger partial charge < -0.3 is 5.73 Å². The Hall–Kier alpha value is -1.47. The number of aromatic nitrogens is 2. The molecule has 21 heavy (non-hydrogen) atoms. The molecule has 0 spiro atoms. The van der Waals surface area contributed by atoms with E-state index in [1.807, 2.05) is 20.8 Å². The number of nitrogens with two attached hydrogens (primary N) is 1. The van der Waals surface area contributed by atoms with Gasteiger partial charge >= 0.3 is 0 Å². The van der Waals surface area contributed by atoms with E-state index in [4.69, 9.17) is 11.1 Å². The maximum atomic E-state index is 14.3. The third-order valence-electron chi connectivity index (χ3n) is 3.15. The van der Waals surface area contributed by atoms with Crippen molar-refractivity contribution in [1.29, 1.82) is 5.41 Å². The van der Waals surface area contributed by atoms with Crippen LogP contribution in [0, 0.1) is 32.0 Å². The molecular weight excluding hydrogens is 355 g/mol. The van der Waals surface area contributed by atoms with Gasteiger partial charge in [-0.25, -0.2) is 14.4 Å². The highest BCUT2D eigenvalue weighted by molar-refractivity contribution is 9.10. The van der Waals surface area contributed by atoms with Crippen LogP contribution in [-0.4, -0.2) is 15.8 Å². The molecule has 0 radical (unpaired) electrons. The van der Waals surface area contributed by atoms with Gasteiger partial charge in [-0.1, -0.05) is 0 Å². The number of rotatable bonds is 3. The lowest BCUT2D eigenvalue weighted by molar-refractivity contribution is 0.594. The topological polar surface area (TPSA) is 75.7 Å². The number of aryl methyl sites for hydroxylation is 2. The smallest absolute Gasteiger partial charge is 0.192 e. The summed E-state index contributed by atoms with van der Waals surface area (Å²) in [6.45, 7) is 5.76. The number of hydrogen-bond acceptors (Lipinski definition) is 4. The highest BCUT2D eigenvalue weighted by atomic mass is 79.9. The summed E-state index contributed by atoms with van der Waals surface area (Å²) in [6, 6.07) is 3.18. The molecule has 110 valence electrons. The quantitative estimate of drug-likeness (QED) is 0.491. The predicted molar refractivity (Wildman–Crippen MR) is 85.5 cm³/mol. The van der Waals surface area contributed by atoms with E-state index in [0.29, 0.717) is 15.6 Å². The minimum atomic E-state index is -0.466. The monoisotopic (exact) mass is 368 g/mol. The summed E-state index contributed by atoms with van der Waals surface area (Å²) in [6.07, 6.45) is 0. The molecule has 4 nitrogen and oxygen atoms in total. The van der Waals surface area contributed by atoms with E-state index in [0.717, 1.165) is 28.7 Å². The van der Waals surface area contributed by atoms with Crippen LogP contribution >= 0.6 is 27.7 Å². The first-order valence-corrected chi connectivity index (χ1v) is 7.74. The zero-order valence-electron chi connectivity index (χ0n) is 11.8. The summed E-state index contributed by atoms with van der Waals surface area (Å²) in [5.41, 5.74) is 8.52. The van der Waals surface area contributed by atoms with Crippen LogP contribution in [-0.2, 0) is 0 Å². The van der Waals surface area contributed by atoms with Crippen molar-refractivity contribution < 1.29 is 4.39 Å². The molecule has 0 fully saturated rings. The number of hydrogen-bond donors (Lipinski definition) is 2. The molecule has 0 aliphatic rings. The van der Waals surface area contributed by atoms with Crippen LogP contribution in [0.5, 0.6) is 0 Å². The van der Waals surface area contributed by atoms with Crippen LogP contribution in [0.15, 0.2) is 26.7 Å². The van der Waals surface area contributed by atoms with Crippen LogP contribution in [0.3, 0.4) is 0 Å². The molecule has 0 saturated carbocycles. The SMILES string of the molecule is Cc1nc(Sc2ccc(C(=N)N)c(Br)c2F)nc(C)c1C. The highest BCUT2D eigenvalue weighted by Gasteiger charge is 2.15. The third kappa shape index (κ3) is 3.24. The van der Waals surface area contributed by atoms with Gasteiger partial charge in [0.1, 0.15) is 5.84 Å². The number of nitrogen functional groups attached to an aromatic ring is 1. The number of amidine groups is 1. The molecule has 0 unspecified atom stereocenters. The molecule has 0 aliphatic heterocycles. The van der Waals surface area contributed by atoms with Crippen molar-refractivity contribution in [1.82, 2.24) is 9.97 Å². The van der Waals surface area contributed by atoms with Crippen molar-refractivity contribution in [2.45, 2.75) is 30.8 Å². The Morgan fingerprint density at radius 2 is 1.81 bits per heavy atom. The maximum absolute atomic E-state index is 14.3. The largest absolute Gasteiger partial charge is 0.384 e. The van der Waals surface area contributed by atoms with Crippen LogP contribution in [0.2, 0.25) is 0 Å². The molecule has 0 amide bonds. The van der Waals surface area contributed by atoms with Crippen LogP contribution < -0.4 is 5.73 Å². The fourth-order valence-electron chi connectivity index (χ4n) is 1.70. The summed E-state index contributed by atoms with van der Waals surface area (Å²) in [4.78, 5) is 9.10. The first kappa shape index (κ1) is 15.9. The molecule has 0 bridgehead atoms. The van der Waals surface area contributed by atoms with E-state index < -0.39 is 5.82 Å². The average molecular weight is 369 g/mol. The Morgan fingerprint density at radius 3 is 2.33 bits per heavy atom. The van der Waals surface area contributed by atoms with E-state index in [2.05, 4.69) is 25.9 Å². The first-order chi connectivity index (χ1) is 9.81. The third-order valence-corrected chi connectivity index (χ3v) is 4.83. The van der Waals surface area contributed by atoms with Crippen LogP contribution in [0.25, 0.3) is 0 Å². The number of nitrogens with one attached hydrogen (secondary N) is 1. The summed E-state index contributed by atoms with van der Waals surface area (Å²) in [7, 11) is 0. The van der Waals surface area contributed by atoms with E-state index >= 15 is 0 Å². The van der Waals surface area contributed by atoms with Crippen molar-refractivity contribution in [3.05, 3.63) is 44.9 Å². The normalized spacial score (nSPS) is 10.7. The Kier molecular flexibility index (Phi) is 4.63. The molecule has 3 N–H and O–H groups in total. The molecule has 0 atom stereocenters. The Morgan fingerprint density at radius 1 is 1.24 bits per heavy atom. The molecular formula is C14H14BrFN4S. The lowest BCUT2D eigenvalue weighted by Crippen LogP contribution is -2.12. The number of nitrogens with zero attached hydrogens (tertiary/aromatic N) is 2. The van der Waals surface area contributed by atoms with Crippen molar-refractivity contribution in [3.63, 3.8) is 0 Å². The molecule has 1 heterocycles. The molecule has 0 saturated heterocycles. The summed E-state index contributed by atoms with van der Waals surface area (Å²) >= 11 is 4.28. The van der Waals surface area contributed by atoms with Gasteiger partial charge in [0.2, 0.25) is 0 Å². The minimum absolute atomic E-state index is 0.181. The van der Waals surface area contributed by atoms with E-state index in [9.17, 15) is 4.39 Å². The van der Waals surface area contributed by atoms with Crippen molar-refractivity contribution in [2.75, 3.05) is 0 Å². The van der Waals surface area contributed by atoms with Crippen molar-refractivity contribution in [2.24, 2.45) is 5.73 Å². The average Bonchev–Trinajstić information content (AvgIpc) is 2.41. The van der Waals surface area contributed by atoms with Crippen LogP contribution in [0.4, 0.5) is 4.39 Å². The number of halogens is 2. The summed E-state index contributed by atoms with van der Waals surface area (Å²) in [5.74, 6) is -0.650. The highest BCUT2D eigenvalue weighted by Crippen LogP contribution is 2.33. The second-order valence-corrected chi connectivity index (χ2v) is 6.36. The lowest BCUT2D eigenvalue weighted by Gasteiger charge is -2.09. The lowest BCUT2D eigenvalue weighted by atomic mass is 10.2. The summed E-state index contributed by atoms with van der Waals surface area (Å²) < 4.78 is 14.5. The maximum Gasteiger partial charge on any atom is 0.192 e. The summed E-state index contributed by atoms with van der Waals surface area (Å²) in [5, 5.41) is 7.89. The molecule has 2 rings (SSSR count). The molecule has 1 aromatic heterocycles.